The van der Waals surface area contributed by atoms with Gasteiger partial charge in [0.15, 0.2) is 0 Å². The van der Waals surface area contributed by atoms with E-state index in [1.54, 1.807) is 36.4 Å². The molecule has 168 valence electrons. The average molecular weight is 446 g/mol. The number of aryl methyl sites for hydroxylation is 2. The molecular weight excluding hydrogens is 424 g/mol. The van der Waals surface area contributed by atoms with Crippen molar-refractivity contribution in [2.75, 3.05) is 6.54 Å². The first-order chi connectivity index (χ1) is 16.0. The predicted molar refractivity (Wildman–Crippen MR) is 119 cm³/mol. The number of rotatable bonds is 6. The van der Waals surface area contributed by atoms with Gasteiger partial charge >= 0.3 is 5.97 Å². The maximum Gasteiger partial charge on any atom is 0.308 e. The number of carboxylic acid groups (broad SMARTS) is 1. The van der Waals surface area contributed by atoms with E-state index < -0.39 is 23.7 Å². The molecule has 2 amide bonds. The van der Waals surface area contributed by atoms with Gasteiger partial charge in [-0.25, -0.2) is 0 Å². The fraction of sp³-hybridized carbons (Fsp3) is 0.280. The Bertz CT molecular complexity index is 1290. The van der Waals surface area contributed by atoms with Crippen molar-refractivity contribution in [1.29, 1.82) is 0 Å². The standard InChI is InChI=1S/C25H22N2O6/c28-23-18-6-1-2-7-19(18)24(29)27(23)13-15(25(30)31)11-20(26-32)14-9-10-17-16-5-3-4-8-21(16)33-22(17)12-14/h1-2,6-7,9-10,12,15,32H,3-5,8,11,13H2,(H,30,31)/t15-/m0/s1. The number of benzene rings is 2. The van der Waals surface area contributed by atoms with Crippen LogP contribution in [-0.2, 0) is 17.6 Å². The molecule has 1 aliphatic carbocycles. The molecule has 0 spiro atoms. The highest BCUT2D eigenvalue weighted by atomic mass is 16.4. The van der Waals surface area contributed by atoms with E-state index in [0.717, 1.165) is 41.7 Å². The van der Waals surface area contributed by atoms with Crippen molar-refractivity contribution >= 4 is 34.5 Å². The van der Waals surface area contributed by atoms with Crippen LogP contribution in [0.5, 0.6) is 0 Å². The number of furan rings is 1. The summed E-state index contributed by atoms with van der Waals surface area (Å²) in [6.45, 7) is -0.321. The highest BCUT2D eigenvalue weighted by Gasteiger charge is 2.38. The monoisotopic (exact) mass is 446 g/mol. The summed E-state index contributed by atoms with van der Waals surface area (Å²) < 4.78 is 6.00. The summed E-state index contributed by atoms with van der Waals surface area (Å²) in [4.78, 5) is 38.3. The molecule has 33 heavy (non-hydrogen) atoms. The second-order valence-electron chi connectivity index (χ2n) is 8.47. The molecule has 2 N–H and O–H groups in total. The first-order valence-electron chi connectivity index (χ1n) is 10.9. The van der Waals surface area contributed by atoms with E-state index >= 15 is 0 Å². The third-order valence-corrected chi connectivity index (χ3v) is 6.48. The third-order valence-electron chi connectivity index (χ3n) is 6.48. The maximum atomic E-state index is 12.7. The van der Waals surface area contributed by atoms with Crippen molar-refractivity contribution in [3.63, 3.8) is 0 Å². The summed E-state index contributed by atoms with van der Waals surface area (Å²) in [5.41, 5.74) is 3.08. The summed E-state index contributed by atoms with van der Waals surface area (Å²) in [5, 5.41) is 23.8. The van der Waals surface area contributed by atoms with Gasteiger partial charge in [0.2, 0.25) is 0 Å². The number of aliphatic carboxylic acids is 1. The number of fused-ring (bicyclic) bond motifs is 4. The Kier molecular flexibility index (Phi) is 5.20. The fourth-order valence-corrected chi connectivity index (χ4v) is 4.75. The van der Waals surface area contributed by atoms with Crippen LogP contribution in [0, 0.1) is 5.92 Å². The van der Waals surface area contributed by atoms with Gasteiger partial charge in [-0.3, -0.25) is 19.3 Å². The highest BCUT2D eigenvalue weighted by Crippen LogP contribution is 2.33. The van der Waals surface area contributed by atoms with Crippen LogP contribution in [0.4, 0.5) is 0 Å². The van der Waals surface area contributed by atoms with Crippen LogP contribution < -0.4 is 0 Å². The number of hydrogen-bond donors (Lipinski definition) is 2. The summed E-state index contributed by atoms with van der Waals surface area (Å²) in [6.07, 6.45) is 3.89. The number of oxime groups is 1. The molecule has 1 atom stereocenters. The summed E-state index contributed by atoms with van der Waals surface area (Å²) >= 11 is 0. The van der Waals surface area contributed by atoms with Crippen LogP contribution >= 0.6 is 0 Å². The largest absolute Gasteiger partial charge is 0.481 e. The SMILES string of the molecule is O=C(O)[C@@H](CC(=NO)c1ccc2c3c(oc2c1)CCCC3)CN1C(=O)c2ccccc2C1=O. The molecule has 2 aromatic carbocycles. The molecule has 0 bridgehead atoms. The number of hydrogen-bond acceptors (Lipinski definition) is 6. The van der Waals surface area contributed by atoms with Gasteiger partial charge in [0.05, 0.1) is 22.8 Å². The van der Waals surface area contributed by atoms with Crippen LogP contribution in [0.15, 0.2) is 52.0 Å². The lowest BCUT2D eigenvalue weighted by Crippen LogP contribution is -2.38. The van der Waals surface area contributed by atoms with Gasteiger partial charge in [-0.1, -0.05) is 29.4 Å². The minimum Gasteiger partial charge on any atom is -0.481 e. The Hall–Kier alpha value is -3.94. The first-order valence-corrected chi connectivity index (χ1v) is 10.9. The van der Waals surface area contributed by atoms with E-state index in [0.29, 0.717) is 11.1 Å². The van der Waals surface area contributed by atoms with Gasteiger partial charge in [-0.05, 0) is 37.5 Å². The second-order valence-corrected chi connectivity index (χ2v) is 8.47. The summed E-state index contributed by atoms with van der Waals surface area (Å²) in [6, 6.07) is 11.8. The Balaban J connectivity index is 1.39. The lowest BCUT2D eigenvalue weighted by molar-refractivity contribution is -0.141. The molecule has 3 aromatic rings. The molecule has 0 saturated heterocycles. The molecule has 1 aliphatic heterocycles. The van der Waals surface area contributed by atoms with Crippen molar-refractivity contribution in [2.45, 2.75) is 32.1 Å². The predicted octanol–water partition coefficient (Wildman–Crippen LogP) is 3.88. The fourth-order valence-electron chi connectivity index (χ4n) is 4.75. The molecule has 0 fully saturated rings. The number of carbonyl (C=O) groups is 3. The molecule has 8 heteroatoms. The van der Waals surface area contributed by atoms with Crippen LogP contribution in [0.1, 0.15) is 56.9 Å². The van der Waals surface area contributed by atoms with Gasteiger partial charge < -0.3 is 14.7 Å². The van der Waals surface area contributed by atoms with E-state index in [4.69, 9.17) is 4.42 Å². The van der Waals surface area contributed by atoms with E-state index in [-0.39, 0.29) is 29.8 Å². The number of carbonyl (C=O) groups excluding carboxylic acids is 2. The van der Waals surface area contributed by atoms with Gasteiger partial charge in [0, 0.05) is 35.9 Å². The quantitative estimate of drug-likeness (QED) is 0.257. The van der Waals surface area contributed by atoms with Gasteiger partial charge in [-0.15, -0.1) is 0 Å². The molecule has 0 radical (unpaired) electrons. The minimum absolute atomic E-state index is 0.148. The molecular formula is C25H22N2O6. The first kappa shape index (κ1) is 20.9. The Labute approximate surface area is 189 Å². The molecule has 5 rings (SSSR count). The Morgan fingerprint density at radius 1 is 1.06 bits per heavy atom. The van der Waals surface area contributed by atoms with Crippen molar-refractivity contribution in [2.24, 2.45) is 11.1 Å². The Morgan fingerprint density at radius 2 is 1.76 bits per heavy atom. The van der Waals surface area contributed by atoms with Crippen molar-refractivity contribution < 1.29 is 29.1 Å². The molecule has 0 saturated carbocycles. The van der Waals surface area contributed by atoms with Gasteiger partial charge in [-0.2, -0.15) is 0 Å². The Morgan fingerprint density at radius 3 is 2.42 bits per heavy atom. The summed E-state index contributed by atoms with van der Waals surface area (Å²) in [5.74, 6) is -2.40. The average Bonchev–Trinajstić information content (AvgIpc) is 3.31. The number of nitrogens with zero attached hydrogens (tertiary/aromatic N) is 2. The second kappa shape index (κ2) is 8.20. The number of amides is 2. The van der Waals surface area contributed by atoms with E-state index in [2.05, 4.69) is 5.16 Å². The van der Waals surface area contributed by atoms with E-state index in [1.165, 1.54) is 5.56 Å². The topological polar surface area (TPSA) is 120 Å². The highest BCUT2D eigenvalue weighted by molar-refractivity contribution is 6.21. The molecule has 1 aromatic heterocycles. The van der Waals surface area contributed by atoms with Crippen molar-refractivity contribution in [1.82, 2.24) is 4.90 Å². The smallest absolute Gasteiger partial charge is 0.308 e. The van der Waals surface area contributed by atoms with Crippen LogP contribution in [0.2, 0.25) is 0 Å². The molecule has 2 heterocycles. The minimum atomic E-state index is -1.19. The van der Waals surface area contributed by atoms with Crippen molar-refractivity contribution in [3.8, 4) is 0 Å². The number of imide groups is 1. The van der Waals surface area contributed by atoms with Gasteiger partial charge in [0.25, 0.3) is 11.8 Å². The zero-order valence-corrected chi connectivity index (χ0v) is 17.8. The molecule has 0 unspecified atom stereocenters. The lowest BCUT2D eigenvalue weighted by Gasteiger charge is -2.20. The zero-order valence-electron chi connectivity index (χ0n) is 17.8. The van der Waals surface area contributed by atoms with E-state index in [9.17, 15) is 24.7 Å². The lowest BCUT2D eigenvalue weighted by atomic mass is 9.94. The molecule has 8 nitrogen and oxygen atoms in total. The van der Waals surface area contributed by atoms with Crippen LogP contribution in [-0.4, -0.2) is 45.3 Å². The number of carboxylic acids is 1. The normalized spacial score (nSPS) is 16.7. The van der Waals surface area contributed by atoms with Crippen LogP contribution in [0.3, 0.4) is 0 Å². The third kappa shape index (κ3) is 3.57. The van der Waals surface area contributed by atoms with Crippen LogP contribution in [0.25, 0.3) is 11.0 Å². The zero-order chi connectivity index (χ0) is 23.1. The maximum absolute atomic E-state index is 12.7. The summed E-state index contributed by atoms with van der Waals surface area (Å²) in [7, 11) is 0. The molecule has 2 aliphatic rings. The van der Waals surface area contributed by atoms with Gasteiger partial charge in [0.1, 0.15) is 11.3 Å². The van der Waals surface area contributed by atoms with Crippen molar-refractivity contribution in [3.05, 3.63) is 70.5 Å². The van der Waals surface area contributed by atoms with E-state index in [1.807, 2.05) is 6.07 Å².